The van der Waals surface area contributed by atoms with Gasteiger partial charge in [0.05, 0.1) is 5.69 Å². The number of aromatic nitrogens is 2. The fourth-order valence-electron chi connectivity index (χ4n) is 2.82. The molecule has 0 fully saturated rings. The highest BCUT2D eigenvalue weighted by atomic mass is 16.2. The van der Waals surface area contributed by atoms with Gasteiger partial charge in [-0.15, -0.1) is 0 Å². The largest absolute Gasteiger partial charge is 0.338 e. The SMILES string of the molecule is CCc1ccccc1NC(=O)NCCc1c(C)nn(CC)c1C. The molecule has 124 valence electrons. The van der Waals surface area contributed by atoms with Crippen LogP contribution in [0.4, 0.5) is 10.5 Å². The molecular formula is C18H26N4O. The lowest BCUT2D eigenvalue weighted by Gasteiger charge is -2.11. The predicted molar refractivity (Wildman–Crippen MR) is 93.9 cm³/mol. The Morgan fingerprint density at radius 2 is 1.96 bits per heavy atom. The highest BCUT2D eigenvalue weighted by Crippen LogP contribution is 2.15. The second-order valence-electron chi connectivity index (χ2n) is 5.61. The van der Waals surface area contributed by atoms with Crippen LogP contribution in [0, 0.1) is 13.8 Å². The normalized spacial score (nSPS) is 10.6. The van der Waals surface area contributed by atoms with E-state index >= 15 is 0 Å². The number of urea groups is 1. The van der Waals surface area contributed by atoms with Crippen molar-refractivity contribution in [1.82, 2.24) is 15.1 Å². The van der Waals surface area contributed by atoms with E-state index in [-0.39, 0.29) is 6.03 Å². The van der Waals surface area contributed by atoms with Crippen LogP contribution in [-0.2, 0) is 19.4 Å². The van der Waals surface area contributed by atoms with E-state index in [4.69, 9.17) is 0 Å². The fourth-order valence-corrected chi connectivity index (χ4v) is 2.82. The van der Waals surface area contributed by atoms with Crippen molar-refractivity contribution in [1.29, 1.82) is 0 Å². The van der Waals surface area contributed by atoms with Crippen LogP contribution in [-0.4, -0.2) is 22.4 Å². The van der Waals surface area contributed by atoms with Crippen LogP contribution in [0.25, 0.3) is 0 Å². The smallest absolute Gasteiger partial charge is 0.319 e. The van der Waals surface area contributed by atoms with Gasteiger partial charge in [-0.05, 0) is 50.8 Å². The molecule has 0 spiro atoms. The van der Waals surface area contributed by atoms with Gasteiger partial charge in [-0.25, -0.2) is 4.79 Å². The van der Waals surface area contributed by atoms with Crippen molar-refractivity contribution >= 4 is 11.7 Å². The third-order valence-electron chi connectivity index (χ3n) is 4.14. The summed E-state index contributed by atoms with van der Waals surface area (Å²) in [6, 6.07) is 7.71. The number of amides is 2. The van der Waals surface area contributed by atoms with Crippen molar-refractivity contribution in [3.05, 3.63) is 46.8 Å². The van der Waals surface area contributed by atoms with Gasteiger partial charge in [0.15, 0.2) is 0 Å². The van der Waals surface area contributed by atoms with Crippen LogP contribution < -0.4 is 10.6 Å². The number of nitrogens with one attached hydrogen (secondary N) is 2. The number of aryl methyl sites for hydroxylation is 3. The zero-order valence-corrected chi connectivity index (χ0v) is 14.4. The molecule has 2 amide bonds. The summed E-state index contributed by atoms with van der Waals surface area (Å²) in [5.74, 6) is 0. The average molecular weight is 314 g/mol. The summed E-state index contributed by atoms with van der Waals surface area (Å²) < 4.78 is 2.00. The summed E-state index contributed by atoms with van der Waals surface area (Å²) in [7, 11) is 0. The molecule has 0 saturated carbocycles. The molecule has 23 heavy (non-hydrogen) atoms. The number of anilines is 1. The Morgan fingerprint density at radius 3 is 2.61 bits per heavy atom. The van der Waals surface area contributed by atoms with Crippen molar-refractivity contribution in [2.75, 3.05) is 11.9 Å². The van der Waals surface area contributed by atoms with Crippen molar-refractivity contribution < 1.29 is 4.79 Å². The summed E-state index contributed by atoms with van der Waals surface area (Å²) in [6.45, 7) is 9.73. The van der Waals surface area contributed by atoms with E-state index in [2.05, 4.69) is 36.5 Å². The molecule has 1 aromatic heterocycles. The molecule has 2 aromatic rings. The third kappa shape index (κ3) is 4.12. The molecule has 0 atom stereocenters. The number of rotatable bonds is 6. The molecule has 0 unspecified atom stereocenters. The van der Waals surface area contributed by atoms with Crippen LogP contribution in [0.3, 0.4) is 0 Å². The molecule has 0 aliphatic rings. The Morgan fingerprint density at radius 1 is 1.22 bits per heavy atom. The Balaban J connectivity index is 1.89. The lowest BCUT2D eigenvalue weighted by Crippen LogP contribution is -2.31. The van der Waals surface area contributed by atoms with Crippen molar-refractivity contribution in [3.8, 4) is 0 Å². The van der Waals surface area contributed by atoms with Gasteiger partial charge in [-0.1, -0.05) is 25.1 Å². The molecule has 5 heteroatoms. The van der Waals surface area contributed by atoms with E-state index in [1.54, 1.807) is 0 Å². The van der Waals surface area contributed by atoms with Gasteiger partial charge < -0.3 is 10.6 Å². The first-order valence-corrected chi connectivity index (χ1v) is 8.22. The second kappa shape index (κ2) is 7.81. The lowest BCUT2D eigenvalue weighted by molar-refractivity contribution is 0.252. The van der Waals surface area contributed by atoms with Crippen LogP contribution >= 0.6 is 0 Å². The van der Waals surface area contributed by atoms with Gasteiger partial charge in [0.1, 0.15) is 0 Å². The van der Waals surface area contributed by atoms with Gasteiger partial charge >= 0.3 is 6.03 Å². The van der Waals surface area contributed by atoms with Gasteiger partial charge in [-0.2, -0.15) is 5.10 Å². The molecule has 5 nitrogen and oxygen atoms in total. The maximum Gasteiger partial charge on any atom is 0.319 e. The van der Waals surface area contributed by atoms with Gasteiger partial charge in [-0.3, -0.25) is 4.68 Å². The number of para-hydroxylation sites is 1. The molecule has 1 heterocycles. The predicted octanol–water partition coefficient (Wildman–Crippen LogP) is 3.45. The monoisotopic (exact) mass is 314 g/mol. The minimum atomic E-state index is -0.163. The molecule has 0 aliphatic carbocycles. The Bertz CT molecular complexity index is 676. The summed E-state index contributed by atoms with van der Waals surface area (Å²) in [5.41, 5.74) is 5.46. The van der Waals surface area contributed by atoms with Crippen LogP contribution in [0.15, 0.2) is 24.3 Å². The number of hydrogen-bond acceptors (Lipinski definition) is 2. The molecule has 0 radical (unpaired) electrons. The van der Waals surface area contributed by atoms with E-state index in [0.29, 0.717) is 6.54 Å². The third-order valence-corrected chi connectivity index (χ3v) is 4.14. The maximum atomic E-state index is 12.1. The second-order valence-corrected chi connectivity index (χ2v) is 5.61. The summed E-state index contributed by atoms with van der Waals surface area (Å²) in [6.07, 6.45) is 1.69. The van der Waals surface area contributed by atoms with E-state index < -0.39 is 0 Å². The number of benzene rings is 1. The number of carbonyl (C=O) groups excluding carboxylic acids is 1. The molecule has 0 aliphatic heterocycles. The van der Waals surface area contributed by atoms with Gasteiger partial charge in [0.2, 0.25) is 0 Å². The van der Waals surface area contributed by atoms with Crippen LogP contribution in [0.5, 0.6) is 0 Å². The average Bonchev–Trinajstić information content (AvgIpc) is 2.82. The van der Waals surface area contributed by atoms with Crippen molar-refractivity contribution in [2.45, 2.75) is 47.1 Å². The highest BCUT2D eigenvalue weighted by molar-refractivity contribution is 5.90. The maximum absolute atomic E-state index is 12.1. The summed E-state index contributed by atoms with van der Waals surface area (Å²) >= 11 is 0. The quantitative estimate of drug-likeness (QED) is 0.858. The first-order valence-electron chi connectivity index (χ1n) is 8.22. The molecule has 0 bridgehead atoms. The minimum Gasteiger partial charge on any atom is -0.338 e. The molecular weight excluding hydrogens is 288 g/mol. The van der Waals surface area contributed by atoms with E-state index in [9.17, 15) is 4.79 Å². The zero-order chi connectivity index (χ0) is 16.8. The first kappa shape index (κ1) is 17.1. The number of hydrogen-bond donors (Lipinski definition) is 2. The first-order chi connectivity index (χ1) is 11.1. The van der Waals surface area contributed by atoms with E-state index in [1.165, 1.54) is 11.3 Å². The van der Waals surface area contributed by atoms with E-state index in [0.717, 1.165) is 36.3 Å². The van der Waals surface area contributed by atoms with Crippen molar-refractivity contribution in [3.63, 3.8) is 0 Å². The van der Waals surface area contributed by atoms with Crippen LogP contribution in [0.1, 0.15) is 36.4 Å². The minimum absolute atomic E-state index is 0.163. The number of nitrogens with zero attached hydrogens (tertiary/aromatic N) is 2. The summed E-state index contributed by atoms with van der Waals surface area (Å²) in [4.78, 5) is 12.1. The Hall–Kier alpha value is -2.30. The fraction of sp³-hybridized carbons (Fsp3) is 0.444. The topological polar surface area (TPSA) is 59.0 Å². The zero-order valence-electron chi connectivity index (χ0n) is 14.4. The van der Waals surface area contributed by atoms with Crippen LogP contribution in [0.2, 0.25) is 0 Å². The van der Waals surface area contributed by atoms with E-state index in [1.807, 2.05) is 35.9 Å². The Labute approximate surface area is 138 Å². The van der Waals surface area contributed by atoms with Crippen molar-refractivity contribution in [2.24, 2.45) is 0 Å². The lowest BCUT2D eigenvalue weighted by atomic mass is 10.1. The molecule has 2 N–H and O–H groups in total. The Kier molecular flexibility index (Phi) is 5.79. The number of carbonyl (C=O) groups is 1. The van der Waals surface area contributed by atoms with Gasteiger partial charge in [0, 0.05) is 24.5 Å². The molecule has 1 aromatic carbocycles. The molecule has 2 rings (SSSR count). The highest BCUT2D eigenvalue weighted by Gasteiger charge is 2.11. The standard InChI is InChI=1S/C18H26N4O/c1-5-15-9-7-8-10-17(15)20-18(23)19-12-11-16-13(3)21-22(6-2)14(16)4/h7-10H,5-6,11-12H2,1-4H3,(H2,19,20,23). The molecule has 0 saturated heterocycles. The summed E-state index contributed by atoms with van der Waals surface area (Å²) in [5, 5.41) is 10.4. The van der Waals surface area contributed by atoms with Gasteiger partial charge in [0.25, 0.3) is 0 Å².